The van der Waals surface area contributed by atoms with Crippen LogP contribution < -0.4 is 10.6 Å². The Balaban J connectivity index is 1.63. The third kappa shape index (κ3) is 3.80. The van der Waals surface area contributed by atoms with Crippen LogP contribution in [0.2, 0.25) is 0 Å². The van der Waals surface area contributed by atoms with Gasteiger partial charge >= 0.3 is 0 Å². The Bertz CT molecular complexity index is 1050. The highest BCUT2D eigenvalue weighted by atomic mass is 19.1. The zero-order valence-electron chi connectivity index (χ0n) is 16.9. The summed E-state index contributed by atoms with van der Waals surface area (Å²) in [5.41, 5.74) is 0.653. The number of nitrogens with one attached hydrogen (secondary N) is 2. The predicted octanol–water partition coefficient (Wildman–Crippen LogP) is 3.55. The molecule has 1 aliphatic heterocycles. The minimum absolute atomic E-state index is 0.163. The number of hydrogen-bond donors (Lipinski definition) is 2. The van der Waals surface area contributed by atoms with Crippen molar-refractivity contribution in [2.24, 2.45) is 0 Å². The molecule has 0 aliphatic carbocycles. The standard InChI is InChI=1S/C24H25F2N3O/c1-24(29-14-12-27-13-15-29,18-7-9-19(25)10-8-18)23(30)28-16-17-6-11-22(26)21-5-3-2-4-20(17)21/h2-11,27H,12-16H2,1H3,(H,28,30). The summed E-state index contributed by atoms with van der Waals surface area (Å²) in [6.07, 6.45) is 0. The van der Waals surface area contributed by atoms with E-state index < -0.39 is 5.54 Å². The normalized spacial score (nSPS) is 16.9. The molecule has 1 aliphatic rings. The van der Waals surface area contributed by atoms with Gasteiger partial charge in [-0.1, -0.05) is 42.5 Å². The topological polar surface area (TPSA) is 44.4 Å². The van der Waals surface area contributed by atoms with E-state index in [4.69, 9.17) is 0 Å². The summed E-state index contributed by atoms with van der Waals surface area (Å²) in [5.74, 6) is -0.776. The van der Waals surface area contributed by atoms with Gasteiger partial charge in [0.1, 0.15) is 17.2 Å². The first-order valence-corrected chi connectivity index (χ1v) is 10.2. The molecule has 30 heavy (non-hydrogen) atoms. The fourth-order valence-electron chi connectivity index (χ4n) is 4.17. The van der Waals surface area contributed by atoms with Crippen molar-refractivity contribution in [2.45, 2.75) is 19.0 Å². The third-order valence-corrected chi connectivity index (χ3v) is 6.00. The van der Waals surface area contributed by atoms with Gasteiger partial charge in [0, 0.05) is 38.1 Å². The number of fused-ring (bicyclic) bond motifs is 1. The van der Waals surface area contributed by atoms with Gasteiger partial charge in [-0.05, 0) is 41.6 Å². The molecule has 1 unspecified atom stereocenters. The monoisotopic (exact) mass is 409 g/mol. The molecule has 4 rings (SSSR count). The van der Waals surface area contributed by atoms with Crippen molar-refractivity contribution < 1.29 is 13.6 Å². The van der Waals surface area contributed by atoms with Crippen LogP contribution in [0.3, 0.4) is 0 Å². The van der Waals surface area contributed by atoms with Gasteiger partial charge in [0.15, 0.2) is 0 Å². The molecule has 0 saturated carbocycles. The van der Waals surface area contributed by atoms with Crippen molar-refractivity contribution in [3.63, 3.8) is 0 Å². The second-order valence-corrected chi connectivity index (χ2v) is 7.75. The summed E-state index contributed by atoms with van der Waals surface area (Å²) >= 11 is 0. The Hall–Kier alpha value is -2.83. The lowest BCUT2D eigenvalue weighted by Gasteiger charge is -2.42. The molecule has 3 aromatic rings. The molecule has 1 heterocycles. The Kier molecular flexibility index (Phi) is 5.79. The van der Waals surface area contributed by atoms with E-state index in [0.717, 1.165) is 29.6 Å². The maximum atomic E-state index is 14.1. The maximum Gasteiger partial charge on any atom is 0.245 e. The van der Waals surface area contributed by atoms with Crippen LogP contribution in [-0.2, 0) is 16.9 Å². The Labute approximate surface area is 174 Å². The summed E-state index contributed by atoms with van der Waals surface area (Å²) in [4.78, 5) is 15.6. The summed E-state index contributed by atoms with van der Waals surface area (Å²) in [7, 11) is 0. The molecule has 2 N–H and O–H groups in total. The number of hydrogen-bond acceptors (Lipinski definition) is 3. The van der Waals surface area contributed by atoms with Crippen LogP contribution >= 0.6 is 0 Å². The van der Waals surface area contributed by atoms with Crippen molar-refractivity contribution in [3.05, 3.63) is 83.4 Å². The lowest BCUT2D eigenvalue weighted by atomic mass is 9.88. The van der Waals surface area contributed by atoms with Gasteiger partial charge in [0.25, 0.3) is 0 Å². The van der Waals surface area contributed by atoms with E-state index in [-0.39, 0.29) is 24.1 Å². The summed E-state index contributed by atoms with van der Waals surface area (Å²) in [6, 6.07) is 16.5. The summed E-state index contributed by atoms with van der Waals surface area (Å²) in [5, 5.41) is 7.66. The molecule has 1 atom stereocenters. The molecule has 1 saturated heterocycles. The lowest BCUT2D eigenvalue weighted by Crippen LogP contribution is -2.59. The van der Waals surface area contributed by atoms with Crippen LogP contribution in [0, 0.1) is 11.6 Å². The average molecular weight is 409 g/mol. The van der Waals surface area contributed by atoms with Gasteiger partial charge in [-0.2, -0.15) is 0 Å². The van der Waals surface area contributed by atoms with Crippen LogP contribution in [0.25, 0.3) is 10.8 Å². The van der Waals surface area contributed by atoms with Crippen LogP contribution in [0.1, 0.15) is 18.1 Å². The predicted molar refractivity (Wildman–Crippen MR) is 114 cm³/mol. The smallest absolute Gasteiger partial charge is 0.245 e. The zero-order chi connectivity index (χ0) is 21.1. The molecule has 0 radical (unpaired) electrons. The first-order chi connectivity index (χ1) is 14.5. The summed E-state index contributed by atoms with van der Waals surface area (Å²) in [6.45, 7) is 5.15. The molecular weight excluding hydrogens is 384 g/mol. The molecule has 1 fully saturated rings. The largest absolute Gasteiger partial charge is 0.350 e. The fraction of sp³-hybridized carbons (Fsp3) is 0.292. The van der Waals surface area contributed by atoms with Gasteiger partial charge < -0.3 is 10.6 Å². The second kappa shape index (κ2) is 8.50. The SMILES string of the molecule is CC(C(=O)NCc1ccc(F)c2ccccc12)(c1ccc(F)cc1)N1CCNCC1. The number of piperazine rings is 1. The molecule has 0 aromatic heterocycles. The molecular formula is C24H25F2N3O. The Morgan fingerprint density at radius 3 is 2.37 bits per heavy atom. The highest BCUT2D eigenvalue weighted by Crippen LogP contribution is 2.30. The molecule has 156 valence electrons. The van der Waals surface area contributed by atoms with Crippen LogP contribution in [0.4, 0.5) is 8.78 Å². The van der Waals surface area contributed by atoms with Gasteiger partial charge in [0.2, 0.25) is 5.91 Å². The van der Waals surface area contributed by atoms with Gasteiger partial charge in [0.05, 0.1) is 0 Å². The number of nitrogens with zero attached hydrogens (tertiary/aromatic N) is 1. The fourth-order valence-corrected chi connectivity index (χ4v) is 4.17. The first-order valence-electron chi connectivity index (χ1n) is 10.2. The van der Waals surface area contributed by atoms with E-state index in [0.29, 0.717) is 18.5 Å². The van der Waals surface area contributed by atoms with Crippen LogP contribution in [0.5, 0.6) is 0 Å². The van der Waals surface area contributed by atoms with E-state index in [1.54, 1.807) is 30.3 Å². The maximum absolute atomic E-state index is 14.1. The van der Waals surface area contributed by atoms with Gasteiger partial charge in [-0.15, -0.1) is 0 Å². The highest BCUT2D eigenvalue weighted by Gasteiger charge is 2.41. The molecule has 6 heteroatoms. The third-order valence-electron chi connectivity index (χ3n) is 6.00. The molecule has 1 amide bonds. The van der Waals surface area contributed by atoms with Crippen molar-refractivity contribution in [1.29, 1.82) is 0 Å². The van der Waals surface area contributed by atoms with Crippen LogP contribution in [0.15, 0.2) is 60.7 Å². The van der Waals surface area contributed by atoms with E-state index in [1.807, 2.05) is 19.1 Å². The molecule has 4 nitrogen and oxygen atoms in total. The van der Waals surface area contributed by atoms with E-state index in [9.17, 15) is 13.6 Å². The minimum atomic E-state index is -0.939. The van der Waals surface area contributed by atoms with Crippen LogP contribution in [-0.4, -0.2) is 37.0 Å². The van der Waals surface area contributed by atoms with Crippen molar-refractivity contribution >= 4 is 16.7 Å². The number of amides is 1. The molecule has 0 bridgehead atoms. The number of rotatable bonds is 5. The number of benzene rings is 3. The number of carbonyl (C=O) groups is 1. The first kappa shape index (κ1) is 20.4. The van der Waals surface area contributed by atoms with E-state index in [2.05, 4.69) is 15.5 Å². The zero-order valence-corrected chi connectivity index (χ0v) is 16.9. The lowest BCUT2D eigenvalue weighted by molar-refractivity contribution is -0.134. The minimum Gasteiger partial charge on any atom is -0.350 e. The average Bonchev–Trinajstić information content (AvgIpc) is 2.79. The van der Waals surface area contributed by atoms with Gasteiger partial charge in [-0.25, -0.2) is 8.78 Å². The van der Waals surface area contributed by atoms with Crippen molar-refractivity contribution in [2.75, 3.05) is 26.2 Å². The molecule has 3 aromatic carbocycles. The Morgan fingerprint density at radius 1 is 1.00 bits per heavy atom. The van der Waals surface area contributed by atoms with Crippen molar-refractivity contribution in [1.82, 2.24) is 15.5 Å². The highest BCUT2D eigenvalue weighted by molar-refractivity contribution is 5.89. The van der Waals surface area contributed by atoms with E-state index >= 15 is 0 Å². The van der Waals surface area contributed by atoms with E-state index in [1.165, 1.54) is 18.2 Å². The van der Waals surface area contributed by atoms with Gasteiger partial charge in [-0.3, -0.25) is 9.69 Å². The quantitative estimate of drug-likeness (QED) is 0.677. The Morgan fingerprint density at radius 2 is 1.67 bits per heavy atom. The number of carbonyl (C=O) groups excluding carboxylic acids is 1. The molecule has 0 spiro atoms. The summed E-state index contributed by atoms with van der Waals surface area (Å²) < 4.78 is 27.6. The second-order valence-electron chi connectivity index (χ2n) is 7.75. The van der Waals surface area contributed by atoms with Crippen molar-refractivity contribution in [3.8, 4) is 0 Å². The number of halogens is 2.